The zero-order chi connectivity index (χ0) is 15.1. The number of benzene rings is 1. The lowest BCUT2D eigenvalue weighted by molar-refractivity contribution is -0.139. The van der Waals surface area contributed by atoms with Crippen molar-refractivity contribution in [2.75, 3.05) is 19.8 Å². The number of alkyl halides is 3. The van der Waals surface area contributed by atoms with E-state index >= 15 is 0 Å². The first kappa shape index (κ1) is 14.5. The molecule has 1 unspecified atom stereocenters. The Morgan fingerprint density at radius 1 is 1.10 bits per heavy atom. The summed E-state index contributed by atoms with van der Waals surface area (Å²) >= 11 is 0. The molecule has 6 heteroatoms. The highest BCUT2D eigenvalue weighted by molar-refractivity contribution is 5.51. The Hall–Kier alpha value is -1.43. The van der Waals surface area contributed by atoms with Gasteiger partial charge in [-0.05, 0) is 44.0 Å². The Bertz CT molecular complexity index is 536. The SMILES string of the molecule is CC1(c2cc3c(cc2C(F)(F)F)OCCCO3)CCCN1. The predicted molar refractivity (Wildman–Crippen MR) is 71.6 cm³/mol. The van der Waals surface area contributed by atoms with E-state index in [1.165, 1.54) is 6.07 Å². The number of nitrogens with one attached hydrogen (secondary N) is 1. The molecule has 3 nitrogen and oxygen atoms in total. The van der Waals surface area contributed by atoms with Crippen molar-refractivity contribution in [2.24, 2.45) is 0 Å². The van der Waals surface area contributed by atoms with Crippen molar-refractivity contribution in [1.29, 1.82) is 0 Å². The van der Waals surface area contributed by atoms with Crippen molar-refractivity contribution in [3.05, 3.63) is 23.3 Å². The molecule has 21 heavy (non-hydrogen) atoms. The van der Waals surface area contributed by atoms with Gasteiger partial charge in [0, 0.05) is 12.0 Å². The van der Waals surface area contributed by atoms with Crippen LogP contribution in [-0.2, 0) is 11.7 Å². The number of rotatable bonds is 1. The highest BCUT2D eigenvalue weighted by Gasteiger charge is 2.42. The lowest BCUT2D eigenvalue weighted by Gasteiger charge is -2.29. The van der Waals surface area contributed by atoms with E-state index in [1.807, 2.05) is 6.92 Å². The smallest absolute Gasteiger partial charge is 0.416 e. The number of hydrogen-bond donors (Lipinski definition) is 1. The first-order valence-corrected chi connectivity index (χ1v) is 7.16. The Kier molecular flexibility index (Phi) is 3.51. The average molecular weight is 301 g/mol. The van der Waals surface area contributed by atoms with Gasteiger partial charge in [-0.2, -0.15) is 13.2 Å². The van der Waals surface area contributed by atoms with Gasteiger partial charge in [0.25, 0.3) is 0 Å². The molecule has 3 rings (SSSR count). The molecule has 1 N–H and O–H groups in total. The molecule has 2 aliphatic heterocycles. The largest absolute Gasteiger partial charge is 0.490 e. The van der Waals surface area contributed by atoms with Crippen LogP contribution in [0.4, 0.5) is 13.2 Å². The number of ether oxygens (including phenoxy) is 2. The molecule has 0 saturated carbocycles. The second-order valence-electron chi connectivity index (χ2n) is 5.76. The van der Waals surface area contributed by atoms with Gasteiger partial charge in [0.1, 0.15) is 0 Å². The van der Waals surface area contributed by atoms with Crippen molar-refractivity contribution >= 4 is 0 Å². The monoisotopic (exact) mass is 301 g/mol. The molecule has 1 atom stereocenters. The third-order valence-corrected chi connectivity index (χ3v) is 4.16. The summed E-state index contributed by atoms with van der Waals surface area (Å²) in [6.45, 7) is 3.37. The van der Waals surface area contributed by atoms with Gasteiger partial charge in [-0.15, -0.1) is 0 Å². The zero-order valence-electron chi connectivity index (χ0n) is 11.8. The summed E-state index contributed by atoms with van der Waals surface area (Å²) in [5.74, 6) is 0.593. The maximum Gasteiger partial charge on any atom is 0.416 e. The van der Waals surface area contributed by atoms with Gasteiger partial charge in [-0.1, -0.05) is 0 Å². The van der Waals surface area contributed by atoms with Crippen molar-refractivity contribution in [1.82, 2.24) is 5.32 Å². The summed E-state index contributed by atoms with van der Waals surface area (Å²) in [5.41, 5.74) is -1.06. The van der Waals surface area contributed by atoms with Gasteiger partial charge < -0.3 is 14.8 Å². The van der Waals surface area contributed by atoms with Gasteiger partial charge in [0.2, 0.25) is 0 Å². The molecule has 0 bridgehead atoms. The molecule has 1 saturated heterocycles. The molecule has 1 fully saturated rings. The fourth-order valence-corrected chi connectivity index (χ4v) is 3.02. The third kappa shape index (κ3) is 2.69. The van der Waals surface area contributed by atoms with Gasteiger partial charge in [-0.25, -0.2) is 0 Å². The van der Waals surface area contributed by atoms with E-state index in [9.17, 15) is 13.2 Å². The van der Waals surface area contributed by atoms with Crippen LogP contribution in [0.5, 0.6) is 11.5 Å². The fraction of sp³-hybridized carbons (Fsp3) is 0.600. The topological polar surface area (TPSA) is 30.5 Å². The lowest BCUT2D eigenvalue weighted by atomic mass is 9.86. The van der Waals surface area contributed by atoms with E-state index in [4.69, 9.17) is 9.47 Å². The quantitative estimate of drug-likeness (QED) is 0.861. The van der Waals surface area contributed by atoms with Crippen LogP contribution in [0.3, 0.4) is 0 Å². The lowest BCUT2D eigenvalue weighted by Crippen LogP contribution is -2.35. The minimum absolute atomic E-state index is 0.185. The summed E-state index contributed by atoms with van der Waals surface area (Å²) in [6, 6.07) is 2.59. The van der Waals surface area contributed by atoms with E-state index < -0.39 is 17.3 Å². The first-order valence-electron chi connectivity index (χ1n) is 7.16. The first-order chi connectivity index (χ1) is 9.90. The average Bonchev–Trinajstić information content (AvgIpc) is 2.73. The van der Waals surface area contributed by atoms with Crippen molar-refractivity contribution in [2.45, 2.75) is 37.9 Å². The van der Waals surface area contributed by atoms with Gasteiger partial charge in [-0.3, -0.25) is 0 Å². The van der Waals surface area contributed by atoms with Crippen LogP contribution >= 0.6 is 0 Å². The molecule has 0 spiro atoms. The maximum absolute atomic E-state index is 13.4. The van der Waals surface area contributed by atoms with Crippen LogP contribution in [0.2, 0.25) is 0 Å². The Morgan fingerprint density at radius 2 is 1.76 bits per heavy atom. The summed E-state index contributed by atoms with van der Waals surface area (Å²) in [6.07, 6.45) is -2.20. The highest BCUT2D eigenvalue weighted by Crippen LogP contribution is 2.45. The van der Waals surface area contributed by atoms with Crippen LogP contribution in [0, 0.1) is 0 Å². The summed E-state index contributed by atoms with van der Waals surface area (Å²) in [5, 5.41) is 3.19. The molecule has 0 amide bonds. The molecular weight excluding hydrogens is 283 g/mol. The molecule has 0 radical (unpaired) electrons. The standard InChI is InChI=1S/C15H18F3NO2/c1-14(4-2-5-19-14)10-8-12-13(21-7-3-6-20-12)9-11(10)15(16,17)18/h8-9,19H,2-7H2,1H3. The van der Waals surface area contributed by atoms with Crippen molar-refractivity contribution < 1.29 is 22.6 Å². The summed E-state index contributed by atoms with van der Waals surface area (Å²) in [4.78, 5) is 0. The molecule has 2 heterocycles. The maximum atomic E-state index is 13.4. The number of fused-ring (bicyclic) bond motifs is 1. The van der Waals surface area contributed by atoms with Gasteiger partial charge >= 0.3 is 6.18 Å². The van der Waals surface area contributed by atoms with Crippen molar-refractivity contribution in [3.8, 4) is 11.5 Å². The molecule has 2 aliphatic rings. The Labute approximate surface area is 121 Å². The molecular formula is C15H18F3NO2. The minimum Gasteiger partial charge on any atom is -0.490 e. The van der Waals surface area contributed by atoms with Gasteiger partial charge in [0.05, 0.1) is 18.8 Å². The summed E-state index contributed by atoms with van der Waals surface area (Å²) < 4.78 is 51.2. The van der Waals surface area contributed by atoms with E-state index in [1.54, 1.807) is 0 Å². The highest BCUT2D eigenvalue weighted by atomic mass is 19.4. The minimum atomic E-state index is -4.41. The number of halogens is 3. The van der Waals surface area contributed by atoms with Crippen LogP contribution in [0.25, 0.3) is 0 Å². The zero-order valence-corrected chi connectivity index (χ0v) is 11.8. The van der Waals surface area contributed by atoms with E-state index in [0.29, 0.717) is 31.8 Å². The second kappa shape index (κ2) is 5.09. The van der Waals surface area contributed by atoms with E-state index in [2.05, 4.69) is 5.32 Å². The van der Waals surface area contributed by atoms with Gasteiger partial charge in [0.15, 0.2) is 11.5 Å². The van der Waals surface area contributed by atoms with Crippen LogP contribution in [0.1, 0.15) is 37.3 Å². The normalized spacial score (nSPS) is 25.7. The molecule has 1 aromatic carbocycles. The fourth-order valence-electron chi connectivity index (χ4n) is 3.02. The Balaban J connectivity index is 2.14. The van der Waals surface area contributed by atoms with Crippen molar-refractivity contribution in [3.63, 3.8) is 0 Å². The Morgan fingerprint density at radius 3 is 2.33 bits per heavy atom. The third-order valence-electron chi connectivity index (χ3n) is 4.16. The second-order valence-corrected chi connectivity index (χ2v) is 5.76. The van der Waals surface area contributed by atoms with Crippen LogP contribution in [-0.4, -0.2) is 19.8 Å². The van der Waals surface area contributed by atoms with E-state index in [-0.39, 0.29) is 11.3 Å². The molecule has 116 valence electrons. The molecule has 1 aromatic rings. The van der Waals surface area contributed by atoms with Crippen LogP contribution < -0.4 is 14.8 Å². The summed E-state index contributed by atoms with van der Waals surface area (Å²) in [7, 11) is 0. The number of hydrogen-bond acceptors (Lipinski definition) is 3. The molecule has 0 aromatic heterocycles. The predicted octanol–water partition coefficient (Wildman–Crippen LogP) is 3.47. The van der Waals surface area contributed by atoms with E-state index in [0.717, 1.165) is 19.0 Å². The van der Waals surface area contributed by atoms with Crippen LogP contribution in [0.15, 0.2) is 12.1 Å². The molecule has 0 aliphatic carbocycles.